The highest BCUT2D eigenvalue weighted by atomic mass is 35.5. The molecule has 0 unspecified atom stereocenters. The van der Waals surface area contributed by atoms with Crippen LogP contribution in [-0.2, 0) is 0 Å². The van der Waals surface area contributed by atoms with E-state index in [1.807, 2.05) is 27.9 Å². The third-order valence-electron chi connectivity index (χ3n) is 2.56. The summed E-state index contributed by atoms with van der Waals surface area (Å²) in [5.41, 5.74) is 0.255. The largest absolute Gasteiger partial charge is 0.351 e. The molecule has 0 bridgehead atoms. The average Bonchev–Trinajstić information content (AvgIpc) is 2.34. The number of amides is 1. The maximum Gasteiger partial charge on any atom is 0.271 e. The molecule has 106 valence electrons. The van der Waals surface area contributed by atoms with E-state index < -0.39 is 0 Å². The summed E-state index contributed by atoms with van der Waals surface area (Å²) in [6.07, 6.45) is 2.37. The minimum Gasteiger partial charge on any atom is -0.351 e. The van der Waals surface area contributed by atoms with Gasteiger partial charge in [-0.15, -0.1) is 0 Å². The van der Waals surface area contributed by atoms with Gasteiger partial charge in [0.05, 0.1) is 11.2 Å². The Bertz CT molecular complexity index is 435. The first-order chi connectivity index (χ1) is 8.91. The highest BCUT2D eigenvalue weighted by molar-refractivity contribution is 6.33. The molecular weight excluding hydrogens is 264 g/mol. The number of nitrogens with one attached hydrogen (secondary N) is 1. The number of rotatable bonds is 6. The topological polar surface area (TPSA) is 58.1 Å². The summed E-state index contributed by atoms with van der Waals surface area (Å²) >= 11 is 5.96. The van der Waals surface area contributed by atoms with Crippen molar-refractivity contribution in [3.8, 4) is 0 Å². The van der Waals surface area contributed by atoms with Crippen LogP contribution in [0.4, 0.5) is 0 Å². The molecule has 1 aromatic rings. The third kappa shape index (κ3) is 5.12. The Hall–Kier alpha value is -1.20. The normalized spacial score (nSPS) is 11.1. The number of halogens is 1. The van der Waals surface area contributed by atoms with Crippen LogP contribution in [0.2, 0.25) is 5.02 Å². The molecule has 5 nitrogen and oxygen atoms in total. The van der Waals surface area contributed by atoms with Crippen molar-refractivity contribution in [2.45, 2.75) is 26.2 Å². The van der Waals surface area contributed by atoms with Gasteiger partial charge in [-0.05, 0) is 27.1 Å². The molecule has 0 aromatic carbocycles. The van der Waals surface area contributed by atoms with E-state index in [2.05, 4.69) is 20.2 Å². The number of nitrogens with zero attached hydrogens (tertiary/aromatic N) is 3. The van der Waals surface area contributed by atoms with Crippen molar-refractivity contribution in [1.82, 2.24) is 20.2 Å². The fourth-order valence-corrected chi connectivity index (χ4v) is 1.68. The van der Waals surface area contributed by atoms with Crippen LogP contribution < -0.4 is 5.32 Å². The van der Waals surface area contributed by atoms with Gasteiger partial charge in [0.1, 0.15) is 11.5 Å². The first kappa shape index (κ1) is 15.9. The van der Waals surface area contributed by atoms with Crippen molar-refractivity contribution >= 4 is 17.5 Å². The molecule has 1 heterocycles. The van der Waals surface area contributed by atoms with Gasteiger partial charge < -0.3 is 10.2 Å². The summed E-state index contributed by atoms with van der Waals surface area (Å²) in [4.78, 5) is 22.4. The molecule has 6 heteroatoms. The molecule has 0 fully saturated rings. The molecule has 0 saturated carbocycles. The van der Waals surface area contributed by atoms with Crippen LogP contribution in [0.5, 0.6) is 0 Å². The first-order valence-corrected chi connectivity index (χ1v) is 6.75. The van der Waals surface area contributed by atoms with E-state index in [9.17, 15) is 4.79 Å². The smallest absolute Gasteiger partial charge is 0.271 e. The summed E-state index contributed by atoms with van der Waals surface area (Å²) in [5, 5.41) is 3.11. The van der Waals surface area contributed by atoms with Gasteiger partial charge in [0.15, 0.2) is 0 Å². The maximum atomic E-state index is 12.0. The molecule has 0 atom stereocenters. The zero-order valence-electron chi connectivity index (χ0n) is 11.9. The van der Waals surface area contributed by atoms with Crippen molar-refractivity contribution in [2.24, 2.45) is 0 Å². The Morgan fingerprint density at radius 1 is 1.47 bits per heavy atom. The summed E-state index contributed by atoms with van der Waals surface area (Å²) in [7, 11) is 4.00. The predicted octanol–water partition coefficient (Wildman–Crippen LogP) is 1.93. The molecule has 0 aliphatic carbocycles. The molecule has 0 radical (unpaired) electrons. The average molecular weight is 285 g/mol. The van der Waals surface area contributed by atoms with Gasteiger partial charge in [0.2, 0.25) is 0 Å². The lowest BCUT2D eigenvalue weighted by Gasteiger charge is -2.11. The Morgan fingerprint density at radius 3 is 2.74 bits per heavy atom. The molecule has 0 aliphatic rings. The SMILES string of the molecule is CC(C)c1ncc(Cl)c(C(=O)NCCCN(C)C)n1. The lowest BCUT2D eigenvalue weighted by Crippen LogP contribution is -2.28. The Kier molecular flexibility index (Phi) is 6.18. The fourth-order valence-electron chi connectivity index (χ4n) is 1.50. The molecule has 0 aliphatic heterocycles. The number of aromatic nitrogens is 2. The number of carbonyl (C=O) groups is 1. The number of carbonyl (C=O) groups excluding carboxylic acids is 1. The zero-order valence-corrected chi connectivity index (χ0v) is 12.7. The van der Waals surface area contributed by atoms with Gasteiger partial charge >= 0.3 is 0 Å². The van der Waals surface area contributed by atoms with Crippen molar-refractivity contribution in [1.29, 1.82) is 0 Å². The predicted molar refractivity (Wildman–Crippen MR) is 76.6 cm³/mol. The van der Waals surface area contributed by atoms with Gasteiger partial charge in [-0.25, -0.2) is 9.97 Å². The van der Waals surface area contributed by atoms with E-state index >= 15 is 0 Å². The molecule has 1 amide bonds. The Labute approximate surface area is 119 Å². The summed E-state index contributed by atoms with van der Waals surface area (Å²) in [6.45, 7) is 5.48. The molecule has 1 aromatic heterocycles. The second-order valence-electron chi connectivity index (χ2n) is 4.99. The van der Waals surface area contributed by atoms with Crippen LogP contribution in [0.1, 0.15) is 42.5 Å². The number of hydrogen-bond donors (Lipinski definition) is 1. The summed E-state index contributed by atoms with van der Waals surface area (Å²) < 4.78 is 0. The summed E-state index contributed by atoms with van der Waals surface area (Å²) in [6, 6.07) is 0. The lowest BCUT2D eigenvalue weighted by atomic mass is 10.2. The summed E-state index contributed by atoms with van der Waals surface area (Å²) in [5.74, 6) is 0.549. The van der Waals surface area contributed by atoms with Crippen LogP contribution >= 0.6 is 11.6 Å². The molecule has 1 rings (SSSR count). The first-order valence-electron chi connectivity index (χ1n) is 6.37. The van der Waals surface area contributed by atoms with Gasteiger partial charge in [0.25, 0.3) is 5.91 Å². The second kappa shape index (κ2) is 7.40. The van der Waals surface area contributed by atoms with Crippen LogP contribution in [0.3, 0.4) is 0 Å². The van der Waals surface area contributed by atoms with E-state index in [1.54, 1.807) is 0 Å². The van der Waals surface area contributed by atoms with Crippen LogP contribution in [0.25, 0.3) is 0 Å². The Balaban J connectivity index is 2.63. The van der Waals surface area contributed by atoms with Gasteiger partial charge in [-0.2, -0.15) is 0 Å². The quantitative estimate of drug-likeness (QED) is 0.811. The number of hydrogen-bond acceptors (Lipinski definition) is 4. The fraction of sp³-hybridized carbons (Fsp3) is 0.615. The minimum absolute atomic E-state index is 0.164. The molecular formula is C13H21ClN4O. The van der Waals surface area contributed by atoms with E-state index in [0.29, 0.717) is 12.4 Å². The second-order valence-corrected chi connectivity index (χ2v) is 5.40. The van der Waals surface area contributed by atoms with E-state index in [0.717, 1.165) is 13.0 Å². The van der Waals surface area contributed by atoms with Crippen LogP contribution in [-0.4, -0.2) is 48.0 Å². The Morgan fingerprint density at radius 2 is 2.16 bits per heavy atom. The van der Waals surface area contributed by atoms with E-state index in [1.165, 1.54) is 6.20 Å². The van der Waals surface area contributed by atoms with Crippen molar-refractivity contribution in [3.05, 3.63) is 22.7 Å². The van der Waals surface area contributed by atoms with Gasteiger partial charge in [-0.1, -0.05) is 25.4 Å². The lowest BCUT2D eigenvalue weighted by molar-refractivity contribution is 0.0947. The monoisotopic (exact) mass is 284 g/mol. The van der Waals surface area contributed by atoms with Crippen LogP contribution in [0.15, 0.2) is 6.20 Å². The third-order valence-corrected chi connectivity index (χ3v) is 2.84. The van der Waals surface area contributed by atoms with E-state index in [4.69, 9.17) is 11.6 Å². The zero-order chi connectivity index (χ0) is 14.4. The van der Waals surface area contributed by atoms with Gasteiger partial charge in [0, 0.05) is 12.5 Å². The molecule has 0 spiro atoms. The maximum absolute atomic E-state index is 12.0. The molecule has 0 saturated heterocycles. The minimum atomic E-state index is -0.243. The van der Waals surface area contributed by atoms with Crippen molar-refractivity contribution < 1.29 is 4.79 Å². The highest BCUT2D eigenvalue weighted by Crippen LogP contribution is 2.16. The molecule has 1 N–H and O–H groups in total. The van der Waals surface area contributed by atoms with Crippen molar-refractivity contribution in [3.63, 3.8) is 0 Å². The van der Waals surface area contributed by atoms with Crippen molar-refractivity contribution in [2.75, 3.05) is 27.2 Å². The van der Waals surface area contributed by atoms with Crippen LogP contribution in [0, 0.1) is 0 Å². The van der Waals surface area contributed by atoms with E-state index in [-0.39, 0.29) is 22.5 Å². The highest BCUT2D eigenvalue weighted by Gasteiger charge is 2.14. The molecule has 19 heavy (non-hydrogen) atoms. The standard InChI is InChI=1S/C13H21ClN4O/c1-9(2)12-16-8-10(14)11(17-12)13(19)15-6-5-7-18(3)4/h8-9H,5-7H2,1-4H3,(H,15,19). The van der Waals surface area contributed by atoms with Gasteiger partial charge in [-0.3, -0.25) is 4.79 Å².